The Morgan fingerprint density at radius 1 is 1.27 bits per heavy atom. The first kappa shape index (κ1) is 12.7. The van der Waals surface area contributed by atoms with Crippen molar-refractivity contribution in [3.63, 3.8) is 0 Å². The molecule has 1 saturated heterocycles. The van der Waals surface area contributed by atoms with Crippen molar-refractivity contribution in [2.24, 2.45) is 0 Å². The first-order valence-electron chi connectivity index (χ1n) is 4.20. The average Bonchev–Trinajstić information content (AvgIpc) is 2.16. The Morgan fingerprint density at radius 3 is 2.27 bits per heavy atom. The Hall–Kier alpha value is -0.380. The van der Waals surface area contributed by atoms with Gasteiger partial charge in [0.25, 0.3) is 10.2 Å². The van der Waals surface area contributed by atoms with Crippen molar-refractivity contribution in [1.82, 2.24) is 9.03 Å². The summed E-state index contributed by atoms with van der Waals surface area (Å²) in [6.45, 7) is -0.993. The van der Waals surface area contributed by atoms with Gasteiger partial charge in [-0.2, -0.15) is 30.6 Å². The standard InChI is InChI=1S/C6H11F3N2O3S/c7-6(8,9)5-10-15(12,13)11-1-3-14-4-2-11/h10H,1-5H2. The molecule has 1 aliphatic heterocycles. The Bertz CT molecular complexity index is 297. The highest BCUT2D eigenvalue weighted by molar-refractivity contribution is 7.87. The average molecular weight is 248 g/mol. The number of morpholine rings is 1. The molecule has 5 nitrogen and oxygen atoms in total. The third-order valence-corrected chi connectivity index (χ3v) is 3.32. The summed E-state index contributed by atoms with van der Waals surface area (Å²) in [6.07, 6.45) is -4.54. The maximum absolute atomic E-state index is 11.8. The first-order chi connectivity index (χ1) is 6.81. The molecule has 0 radical (unpaired) electrons. The van der Waals surface area contributed by atoms with E-state index in [-0.39, 0.29) is 26.3 Å². The van der Waals surface area contributed by atoms with Gasteiger partial charge in [0.2, 0.25) is 0 Å². The van der Waals surface area contributed by atoms with Gasteiger partial charge in [0.1, 0.15) is 6.54 Å². The molecule has 0 saturated carbocycles. The number of hydrogen-bond donors (Lipinski definition) is 1. The molecule has 1 aliphatic rings. The molecule has 0 aromatic heterocycles. The van der Waals surface area contributed by atoms with E-state index in [2.05, 4.69) is 0 Å². The molecule has 9 heteroatoms. The van der Waals surface area contributed by atoms with Gasteiger partial charge in [-0.05, 0) is 0 Å². The lowest BCUT2D eigenvalue weighted by Gasteiger charge is -2.26. The van der Waals surface area contributed by atoms with Crippen molar-refractivity contribution in [2.75, 3.05) is 32.8 Å². The van der Waals surface area contributed by atoms with E-state index in [1.54, 1.807) is 0 Å². The van der Waals surface area contributed by atoms with Crippen LogP contribution in [0.3, 0.4) is 0 Å². The fourth-order valence-electron chi connectivity index (χ4n) is 1.05. The Balaban J connectivity index is 2.51. The highest BCUT2D eigenvalue weighted by Crippen LogP contribution is 2.13. The van der Waals surface area contributed by atoms with Crippen LogP contribution in [0.4, 0.5) is 13.2 Å². The quantitative estimate of drug-likeness (QED) is 0.747. The van der Waals surface area contributed by atoms with Crippen LogP contribution < -0.4 is 4.72 Å². The maximum atomic E-state index is 11.8. The lowest BCUT2D eigenvalue weighted by Crippen LogP contribution is -2.48. The summed E-state index contributed by atoms with van der Waals surface area (Å²) in [5.41, 5.74) is 0. The van der Waals surface area contributed by atoms with E-state index in [0.717, 1.165) is 4.31 Å². The van der Waals surface area contributed by atoms with Gasteiger partial charge in [-0.25, -0.2) is 0 Å². The summed E-state index contributed by atoms with van der Waals surface area (Å²) in [7, 11) is -4.03. The van der Waals surface area contributed by atoms with Crippen molar-refractivity contribution in [3.8, 4) is 0 Å². The fourth-order valence-corrected chi connectivity index (χ4v) is 2.21. The zero-order valence-corrected chi connectivity index (χ0v) is 8.57. The molecule has 0 unspecified atom stereocenters. The van der Waals surface area contributed by atoms with Crippen LogP contribution in [0.25, 0.3) is 0 Å². The fraction of sp³-hybridized carbons (Fsp3) is 1.00. The van der Waals surface area contributed by atoms with Gasteiger partial charge in [0.15, 0.2) is 0 Å². The number of halogens is 3. The van der Waals surface area contributed by atoms with Gasteiger partial charge < -0.3 is 4.74 Å². The van der Waals surface area contributed by atoms with E-state index in [0.29, 0.717) is 0 Å². The zero-order chi connectivity index (χ0) is 11.5. The normalized spacial score (nSPS) is 20.5. The topological polar surface area (TPSA) is 58.6 Å². The Labute approximate surface area is 85.4 Å². The summed E-state index contributed by atoms with van der Waals surface area (Å²) in [4.78, 5) is 0. The van der Waals surface area contributed by atoms with Crippen LogP contribution in [0.1, 0.15) is 0 Å². The summed E-state index contributed by atoms with van der Waals surface area (Å²) < 4.78 is 65.2. The summed E-state index contributed by atoms with van der Waals surface area (Å²) in [5.74, 6) is 0. The number of alkyl halides is 3. The number of nitrogens with one attached hydrogen (secondary N) is 1. The molecule has 1 rings (SSSR count). The second-order valence-electron chi connectivity index (χ2n) is 2.95. The highest BCUT2D eigenvalue weighted by atomic mass is 32.2. The van der Waals surface area contributed by atoms with Crippen molar-refractivity contribution in [1.29, 1.82) is 0 Å². The summed E-state index contributed by atoms with van der Waals surface area (Å²) in [6, 6.07) is 0. The maximum Gasteiger partial charge on any atom is 0.402 e. The van der Waals surface area contributed by atoms with E-state index < -0.39 is 22.9 Å². The molecular formula is C6H11F3N2O3S. The van der Waals surface area contributed by atoms with E-state index in [4.69, 9.17) is 4.74 Å². The van der Waals surface area contributed by atoms with Crippen LogP contribution in [-0.2, 0) is 14.9 Å². The number of rotatable bonds is 3. The van der Waals surface area contributed by atoms with Crippen LogP contribution in [0, 0.1) is 0 Å². The molecule has 15 heavy (non-hydrogen) atoms. The molecular weight excluding hydrogens is 237 g/mol. The molecule has 0 atom stereocenters. The third kappa shape index (κ3) is 4.33. The lowest BCUT2D eigenvalue weighted by molar-refractivity contribution is -0.121. The highest BCUT2D eigenvalue weighted by Gasteiger charge is 2.32. The van der Waals surface area contributed by atoms with Crippen LogP contribution in [0.2, 0.25) is 0 Å². The second-order valence-corrected chi connectivity index (χ2v) is 4.71. The van der Waals surface area contributed by atoms with Gasteiger partial charge in [0.05, 0.1) is 13.2 Å². The summed E-state index contributed by atoms with van der Waals surface area (Å²) >= 11 is 0. The van der Waals surface area contributed by atoms with Crippen molar-refractivity contribution in [3.05, 3.63) is 0 Å². The molecule has 0 amide bonds. The third-order valence-electron chi connectivity index (χ3n) is 1.76. The molecule has 1 N–H and O–H groups in total. The minimum Gasteiger partial charge on any atom is -0.379 e. The van der Waals surface area contributed by atoms with Gasteiger partial charge in [0, 0.05) is 13.1 Å². The largest absolute Gasteiger partial charge is 0.402 e. The number of nitrogens with zero attached hydrogens (tertiary/aromatic N) is 1. The van der Waals surface area contributed by atoms with Crippen LogP contribution >= 0.6 is 0 Å². The van der Waals surface area contributed by atoms with Crippen molar-refractivity contribution >= 4 is 10.2 Å². The molecule has 0 spiro atoms. The minimum atomic E-state index is -4.54. The van der Waals surface area contributed by atoms with Gasteiger partial charge in [-0.1, -0.05) is 0 Å². The molecule has 90 valence electrons. The van der Waals surface area contributed by atoms with E-state index in [1.807, 2.05) is 0 Å². The molecule has 0 aromatic rings. The molecule has 0 aromatic carbocycles. The predicted octanol–water partition coefficient (Wildman–Crippen LogP) is -0.285. The van der Waals surface area contributed by atoms with Gasteiger partial charge in [-0.3, -0.25) is 0 Å². The van der Waals surface area contributed by atoms with Crippen molar-refractivity contribution in [2.45, 2.75) is 6.18 Å². The van der Waals surface area contributed by atoms with Crippen LogP contribution in [0.15, 0.2) is 0 Å². The first-order valence-corrected chi connectivity index (χ1v) is 5.64. The second kappa shape index (κ2) is 4.64. The van der Waals surface area contributed by atoms with E-state index in [1.165, 1.54) is 4.72 Å². The Morgan fingerprint density at radius 2 is 1.80 bits per heavy atom. The van der Waals surface area contributed by atoms with Gasteiger partial charge >= 0.3 is 6.18 Å². The minimum absolute atomic E-state index is 0.0766. The molecule has 0 aliphatic carbocycles. The van der Waals surface area contributed by atoms with Crippen molar-refractivity contribution < 1.29 is 26.3 Å². The molecule has 1 heterocycles. The number of hydrogen-bond acceptors (Lipinski definition) is 3. The predicted molar refractivity (Wildman–Crippen MR) is 45.4 cm³/mol. The van der Waals surface area contributed by atoms with Crippen LogP contribution in [0.5, 0.6) is 0 Å². The lowest BCUT2D eigenvalue weighted by atomic mass is 10.5. The van der Waals surface area contributed by atoms with E-state index in [9.17, 15) is 21.6 Å². The van der Waals surface area contributed by atoms with Crippen LogP contribution in [-0.4, -0.2) is 51.7 Å². The van der Waals surface area contributed by atoms with Gasteiger partial charge in [-0.15, -0.1) is 0 Å². The van der Waals surface area contributed by atoms with E-state index >= 15 is 0 Å². The SMILES string of the molecule is O=S(=O)(NCC(F)(F)F)N1CCOCC1. The molecule has 0 bridgehead atoms. The number of ether oxygens (including phenoxy) is 1. The summed E-state index contributed by atoms with van der Waals surface area (Å²) in [5, 5.41) is 0. The molecule has 1 fully saturated rings. The monoisotopic (exact) mass is 248 g/mol. The zero-order valence-electron chi connectivity index (χ0n) is 7.75. The smallest absolute Gasteiger partial charge is 0.379 e. The Kier molecular flexibility index (Phi) is 3.93.